The Labute approximate surface area is 208 Å². The highest BCUT2D eigenvalue weighted by atomic mass is 16.5. The van der Waals surface area contributed by atoms with Crippen molar-refractivity contribution in [3.63, 3.8) is 0 Å². The standard InChI is InChI=1S/C32H30N2O/c1-35-27-17-15-25(16-18-27)28-22-31(34-19-9-4-10-20-34)30(23-33)29(21-24-11-5-2-6-12-24)32(28)26-13-7-3-8-14-26/h2-3,5-8,11-18,22H,4,9-10,19-21H2,1H3. The number of ether oxygens (including phenoxy) is 1. The Hall–Kier alpha value is -4.03. The van der Waals surface area contributed by atoms with E-state index in [9.17, 15) is 5.26 Å². The lowest BCUT2D eigenvalue weighted by molar-refractivity contribution is 0.415. The van der Waals surface area contributed by atoms with E-state index in [1.165, 1.54) is 12.0 Å². The van der Waals surface area contributed by atoms with E-state index in [0.717, 1.165) is 70.7 Å². The Kier molecular flexibility index (Phi) is 6.82. The van der Waals surface area contributed by atoms with E-state index >= 15 is 0 Å². The quantitative estimate of drug-likeness (QED) is 0.300. The number of rotatable bonds is 6. The van der Waals surface area contributed by atoms with Crippen LogP contribution in [0, 0.1) is 11.3 Å². The summed E-state index contributed by atoms with van der Waals surface area (Å²) in [6.45, 7) is 1.98. The molecule has 0 saturated carbocycles. The third-order valence-corrected chi connectivity index (χ3v) is 6.91. The van der Waals surface area contributed by atoms with Gasteiger partial charge in [-0.25, -0.2) is 0 Å². The molecule has 174 valence electrons. The van der Waals surface area contributed by atoms with Crippen molar-refractivity contribution < 1.29 is 4.74 Å². The highest BCUT2D eigenvalue weighted by molar-refractivity contribution is 5.91. The second-order valence-electron chi connectivity index (χ2n) is 9.09. The zero-order valence-corrected chi connectivity index (χ0v) is 20.2. The first-order chi connectivity index (χ1) is 17.3. The summed E-state index contributed by atoms with van der Waals surface area (Å²) < 4.78 is 5.43. The molecule has 0 amide bonds. The van der Waals surface area contributed by atoms with Crippen molar-refractivity contribution in [3.8, 4) is 34.1 Å². The predicted octanol–water partition coefficient (Wildman–Crippen LogP) is 7.48. The van der Waals surface area contributed by atoms with Gasteiger partial charge < -0.3 is 9.64 Å². The molecule has 1 aliphatic heterocycles. The minimum Gasteiger partial charge on any atom is -0.497 e. The Morgan fingerprint density at radius 1 is 0.800 bits per heavy atom. The summed E-state index contributed by atoms with van der Waals surface area (Å²) in [6, 6.07) is 34.1. The van der Waals surface area contributed by atoms with E-state index in [2.05, 4.69) is 77.7 Å². The summed E-state index contributed by atoms with van der Waals surface area (Å²) in [5, 5.41) is 10.5. The van der Waals surface area contributed by atoms with Crippen LogP contribution in [0.2, 0.25) is 0 Å². The summed E-state index contributed by atoms with van der Waals surface area (Å²) in [6.07, 6.45) is 4.29. The Morgan fingerprint density at radius 2 is 1.46 bits per heavy atom. The fraction of sp³-hybridized carbons (Fsp3) is 0.219. The molecule has 0 spiro atoms. The molecule has 3 nitrogen and oxygen atoms in total. The lowest BCUT2D eigenvalue weighted by Crippen LogP contribution is -2.30. The minimum atomic E-state index is 0.707. The number of piperidine rings is 1. The van der Waals surface area contributed by atoms with Gasteiger partial charge in [0.25, 0.3) is 0 Å². The molecule has 4 aromatic rings. The molecule has 1 fully saturated rings. The van der Waals surface area contributed by atoms with Crippen LogP contribution in [0.4, 0.5) is 5.69 Å². The molecule has 0 atom stereocenters. The largest absolute Gasteiger partial charge is 0.497 e. The summed E-state index contributed by atoms with van der Waals surface area (Å²) >= 11 is 0. The van der Waals surface area contributed by atoms with Gasteiger partial charge in [-0.05, 0) is 77.3 Å². The molecule has 0 radical (unpaired) electrons. The maximum atomic E-state index is 10.5. The van der Waals surface area contributed by atoms with Crippen molar-refractivity contribution in [2.75, 3.05) is 25.1 Å². The number of benzene rings is 4. The van der Waals surface area contributed by atoms with Gasteiger partial charge in [0, 0.05) is 13.1 Å². The van der Waals surface area contributed by atoms with E-state index in [1.54, 1.807) is 7.11 Å². The number of nitrogens with zero attached hydrogens (tertiary/aromatic N) is 2. The monoisotopic (exact) mass is 458 g/mol. The molecule has 0 aliphatic carbocycles. The van der Waals surface area contributed by atoms with Gasteiger partial charge >= 0.3 is 0 Å². The molecule has 5 rings (SSSR count). The van der Waals surface area contributed by atoms with Gasteiger partial charge in [-0.2, -0.15) is 5.26 Å². The number of hydrogen-bond donors (Lipinski definition) is 0. The Balaban J connectivity index is 1.81. The van der Waals surface area contributed by atoms with Gasteiger partial charge in [-0.1, -0.05) is 72.8 Å². The average Bonchev–Trinajstić information content (AvgIpc) is 2.94. The number of methoxy groups -OCH3 is 1. The molecular formula is C32H30N2O. The number of anilines is 1. The first kappa shape index (κ1) is 22.7. The summed E-state index contributed by atoms with van der Waals surface area (Å²) in [5.41, 5.74) is 8.71. The zero-order valence-electron chi connectivity index (χ0n) is 20.2. The molecule has 3 heteroatoms. The van der Waals surface area contributed by atoms with E-state index in [1.807, 2.05) is 24.3 Å². The molecule has 0 aromatic heterocycles. The first-order valence-corrected chi connectivity index (χ1v) is 12.4. The van der Waals surface area contributed by atoms with Crippen LogP contribution in [0.15, 0.2) is 91.0 Å². The van der Waals surface area contributed by atoms with Gasteiger partial charge in [0.15, 0.2) is 0 Å². The van der Waals surface area contributed by atoms with Crippen molar-refractivity contribution in [2.45, 2.75) is 25.7 Å². The maximum absolute atomic E-state index is 10.5. The minimum absolute atomic E-state index is 0.707. The van der Waals surface area contributed by atoms with Gasteiger partial charge in [-0.3, -0.25) is 0 Å². The second-order valence-corrected chi connectivity index (χ2v) is 9.09. The first-order valence-electron chi connectivity index (χ1n) is 12.4. The predicted molar refractivity (Wildman–Crippen MR) is 144 cm³/mol. The van der Waals surface area contributed by atoms with Gasteiger partial charge in [-0.15, -0.1) is 0 Å². The van der Waals surface area contributed by atoms with E-state index < -0.39 is 0 Å². The Morgan fingerprint density at radius 3 is 2.09 bits per heavy atom. The van der Waals surface area contributed by atoms with Crippen LogP contribution >= 0.6 is 0 Å². The number of nitriles is 1. The summed E-state index contributed by atoms with van der Waals surface area (Å²) in [4.78, 5) is 2.42. The van der Waals surface area contributed by atoms with Crippen LogP contribution in [-0.4, -0.2) is 20.2 Å². The third kappa shape index (κ3) is 4.79. The molecule has 35 heavy (non-hydrogen) atoms. The van der Waals surface area contributed by atoms with Gasteiger partial charge in [0.2, 0.25) is 0 Å². The van der Waals surface area contributed by atoms with Crippen molar-refractivity contribution in [1.29, 1.82) is 5.26 Å². The summed E-state index contributed by atoms with van der Waals surface area (Å²) in [5.74, 6) is 0.837. The van der Waals surface area contributed by atoms with Crippen molar-refractivity contribution in [1.82, 2.24) is 0 Å². The smallest absolute Gasteiger partial charge is 0.118 e. The van der Waals surface area contributed by atoms with Crippen LogP contribution in [0.1, 0.15) is 36.0 Å². The Bertz CT molecular complexity index is 1320. The molecule has 4 aromatic carbocycles. The molecule has 1 heterocycles. The van der Waals surface area contributed by atoms with Crippen LogP contribution < -0.4 is 9.64 Å². The summed E-state index contributed by atoms with van der Waals surface area (Å²) in [7, 11) is 1.69. The fourth-order valence-corrected chi connectivity index (χ4v) is 5.14. The van der Waals surface area contributed by atoms with Crippen molar-refractivity contribution in [2.24, 2.45) is 0 Å². The number of hydrogen-bond acceptors (Lipinski definition) is 3. The highest BCUT2D eigenvalue weighted by Crippen LogP contribution is 2.43. The van der Waals surface area contributed by atoms with Crippen LogP contribution in [0.3, 0.4) is 0 Å². The van der Waals surface area contributed by atoms with Gasteiger partial charge in [0.1, 0.15) is 11.8 Å². The lowest BCUT2D eigenvalue weighted by Gasteiger charge is -2.32. The fourth-order valence-electron chi connectivity index (χ4n) is 5.14. The molecule has 1 saturated heterocycles. The van der Waals surface area contributed by atoms with E-state index in [0.29, 0.717) is 6.42 Å². The maximum Gasteiger partial charge on any atom is 0.118 e. The average molecular weight is 459 g/mol. The van der Waals surface area contributed by atoms with Crippen LogP contribution in [0.25, 0.3) is 22.3 Å². The highest BCUT2D eigenvalue weighted by Gasteiger charge is 2.24. The van der Waals surface area contributed by atoms with E-state index in [-0.39, 0.29) is 0 Å². The van der Waals surface area contributed by atoms with Crippen LogP contribution in [-0.2, 0) is 6.42 Å². The van der Waals surface area contributed by atoms with Gasteiger partial charge in [0.05, 0.1) is 18.4 Å². The van der Waals surface area contributed by atoms with E-state index in [4.69, 9.17) is 4.74 Å². The molecule has 0 unspecified atom stereocenters. The molecule has 0 N–H and O–H groups in total. The molecular weight excluding hydrogens is 428 g/mol. The third-order valence-electron chi connectivity index (χ3n) is 6.91. The van der Waals surface area contributed by atoms with Crippen LogP contribution in [0.5, 0.6) is 5.75 Å². The van der Waals surface area contributed by atoms with Crippen molar-refractivity contribution in [3.05, 3.63) is 108 Å². The zero-order chi connectivity index (χ0) is 24.0. The normalized spacial score (nSPS) is 13.3. The topological polar surface area (TPSA) is 36.3 Å². The SMILES string of the molecule is COc1ccc(-c2cc(N3CCCCC3)c(C#N)c(Cc3ccccc3)c2-c2ccccc2)cc1. The molecule has 1 aliphatic rings. The lowest BCUT2D eigenvalue weighted by atomic mass is 9.84. The second kappa shape index (κ2) is 10.5. The molecule has 0 bridgehead atoms. The van der Waals surface area contributed by atoms with Crippen molar-refractivity contribution >= 4 is 5.69 Å².